The van der Waals surface area contributed by atoms with Crippen LogP contribution in [0.15, 0.2) is 18.3 Å². The molecule has 5 nitrogen and oxygen atoms in total. The minimum Gasteiger partial charge on any atom is -0.346 e. The fourth-order valence-corrected chi connectivity index (χ4v) is 1.18. The van der Waals surface area contributed by atoms with Gasteiger partial charge in [-0.1, -0.05) is 0 Å². The molecule has 0 spiro atoms. The molecule has 0 saturated carbocycles. The molecule has 0 unspecified atom stereocenters. The van der Waals surface area contributed by atoms with Gasteiger partial charge in [0.25, 0.3) is 0 Å². The van der Waals surface area contributed by atoms with Crippen LogP contribution in [0.3, 0.4) is 0 Å². The predicted octanol–water partition coefficient (Wildman–Crippen LogP) is 0.667. The Morgan fingerprint density at radius 2 is 2.21 bits per heavy atom. The average Bonchev–Trinajstić information content (AvgIpc) is 2.59. The van der Waals surface area contributed by atoms with Gasteiger partial charge >= 0.3 is 0 Å². The van der Waals surface area contributed by atoms with E-state index in [1.54, 1.807) is 21.7 Å². The lowest BCUT2D eigenvalue weighted by atomic mass is 10.5. The van der Waals surface area contributed by atoms with Gasteiger partial charge in [-0.15, -0.1) is 5.10 Å². The van der Waals surface area contributed by atoms with Crippen molar-refractivity contribution in [3.8, 4) is 6.07 Å². The van der Waals surface area contributed by atoms with Crippen LogP contribution in [0.25, 0.3) is 5.52 Å². The molecule has 0 bridgehead atoms. The summed E-state index contributed by atoms with van der Waals surface area (Å²) in [5.41, 5.74) is 1.35. The Bertz CT molecular complexity index is 505. The van der Waals surface area contributed by atoms with Gasteiger partial charge in [0.1, 0.15) is 11.8 Å². The number of hydrogen-bond donors (Lipinski definition) is 0. The van der Waals surface area contributed by atoms with E-state index in [-0.39, 0.29) is 0 Å². The Morgan fingerprint density at radius 1 is 1.43 bits per heavy atom. The van der Waals surface area contributed by atoms with Gasteiger partial charge in [0.2, 0.25) is 5.95 Å². The second-order valence-electron chi connectivity index (χ2n) is 3.12. The van der Waals surface area contributed by atoms with Gasteiger partial charge in [0.05, 0.1) is 11.7 Å². The van der Waals surface area contributed by atoms with Gasteiger partial charge < -0.3 is 4.90 Å². The number of rotatable bonds is 1. The Labute approximate surface area is 81.2 Å². The summed E-state index contributed by atoms with van der Waals surface area (Å²) in [4.78, 5) is 5.93. The van der Waals surface area contributed by atoms with E-state index in [0.717, 1.165) is 5.52 Å². The number of aromatic nitrogens is 3. The first-order valence-electron chi connectivity index (χ1n) is 4.14. The molecule has 0 radical (unpaired) electrons. The summed E-state index contributed by atoms with van der Waals surface area (Å²) in [6.07, 6.45) is 1.70. The highest BCUT2D eigenvalue weighted by molar-refractivity contribution is 5.50. The lowest BCUT2D eigenvalue weighted by Crippen LogP contribution is -2.14. The van der Waals surface area contributed by atoms with E-state index in [4.69, 9.17) is 5.26 Å². The minimum atomic E-state index is 0.519. The largest absolute Gasteiger partial charge is 0.346 e. The smallest absolute Gasteiger partial charge is 0.243 e. The molecular formula is C9H9N5. The number of nitrogens with zero attached hydrogens (tertiary/aromatic N) is 5. The highest BCUT2D eigenvalue weighted by Gasteiger charge is 2.04. The molecule has 70 valence electrons. The lowest BCUT2D eigenvalue weighted by molar-refractivity contribution is 0.855. The maximum atomic E-state index is 8.81. The zero-order chi connectivity index (χ0) is 10.1. The molecule has 0 aromatic carbocycles. The third kappa shape index (κ3) is 1.17. The lowest BCUT2D eigenvalue weighted by Gasteiger charge is -2.09. The van der Waals surface area contributed by atoms with Crippen molar-refractivity contribution >= 4 is 11.5 Å². The molecule has 2 rings (SSSR count). The highest BCUT2D eigenvalue weighted by Crippen LogP contribution is 2.09. The Hall–Kier alpha value is -2.09. The minimum absolute atomic E-state index is 0.519. The Morgan fingerprint density at radius 3 is 2.86 bits per heavy atom. The molecule has 0 aliphatic heterocycles. The van der Waals surface area contributed by atoms with E-state index in [2.05, 4.69) is 16.2 Å². The zero-order valence-electron chi connectivity index (χ0n) is 7.97. The van der Waals surface area contributed by atoms with E-state index >= 15 is 0 Å². The van der Waals surface area contributed by atoms with Crippen LogP contribution in [-0.4, -0.2) is 28.7 Å². The van der Waals surface area contributed by atoms with Crippen LogP contribution in [0, 0.1) is 11.3 Å². The Kier molecular flexibility index (Phi) is 1.82. The quantitative estimate of drug-likeness (QED) is 0.658. The first kappa shape index (κ1) is 8.51. The van der Waals surface area contributed by atoms with Crippen molar-refractivity contribution in [1.82, 2.24) is 14.6 Å². The number of hydrogen-bond acceptors (Lipinski definition) is 4. The summed E-state index contributed by atoms with van der Waals surface area (Å²) in [5.74, 6) is 0.588. The maximum absolute atomic E-state index is 8.81. The Balaban J connectivity index is 2.69. The van der Waals surface area contributed by atoms with Crippen LogP contribution < -0.4 is 4.90 Å². The van der Waals surface area contributed by atoms with Gasteiger partial charge in [-0.05, 0) is 12.1 Å². The molecule has 5 heteroatoms. The normalized spacial score (nSPS) is 10.1. The molecule has 0 fully saturated rings. The van der Waals surface area contributed by atoms with Crippen LogP contribution >= 0.6 is 0 Å². The molecule has 0 aliphatic carbocycles. The molecular weight excluding hydrogens is 178 g/mol. The number of nitriles is 1. The monoisotopic (exact) mass is 187 g/mol. The molecule has 0 atom stereocenters. The maximum Gasteiger partial charge on any atom is 0.243 e. The van der Waals surface area contributed by atoms with E-state index in [1.807, 2.05) is 20.2 Å². The summed E-state index contributed by atoms with van der Waals surface area (Å²) in [6, 6.07) is 5.61. The van der Waals surface area contributed by atoms with Gasteiger partial charge in [-0.2, -0.15) is 5.26 Å². The second kappa shape index (κ2) is 3.00. The van der Waals surface area contributed by atoms with Crippen molar-refractivity contribution in [3.63, 3.8) is 0 Å². The number of fused-ring (bicyclic) bond motifs is 1. The first-order chi connectivity index (χ1) is 6.72. The van der Waals surface area contributed by atoms with Crippen LogP contribution in [-0.2, 0) is 0 Å². The highest BCUT2D eigenvalue weighted by atomic mass is 15.3. The molecule has 0 saturated heterocycles. The number of anilines is 1. The van der Waals surface area contributed by atoms with Crippen LogP contribution in [0.5, 0.6) is 0 Å². The molecule has 0 aliphatic rings. The second-order valence-corrected chi connectivity index (χ2v) is 3.12. The van der Waals surface area contributed by atoms with Gasteiger partial charge in [0, 0.05) is 14.1 Å². The van der Waals surface area contributed by atoms with Crippen LogP contribution in [0.1, 0.15) is 5.69 Å². The fourth-order valence-electron chi connectivity index (χ4n) is 1.18. The van der Waals surface area contributed by atoms with Crippen molar-refractivity contribution < 1.29 is 0 Å². The predicted molar refractivity (Wildman–Crippen MR) is 52.0 cm³/mol. The molecule has 2 aromatic heterocycles. The summed E-state index contributed by atoms with van der Waals surface area (Å²) in [7, 11) is 3.72. The van der Waals surface area contributed by atoms with Gasteiger partial charge in [-0.3, -0.25) is 0 Å². The SMILES string of the molecule is CN(C)c1ncc2ccc(C#N)n2n1. The first-order valence-corrected chi connectivity index (χ1v) is 4.14. The van der Waals surface area contributed by atoms with Crippen LogP contribution in [0.2, 0.25) is 0 Å². The van der Waals surface area contributed by atoms with E-state index in [9.17, 15) is 0 Å². The third-order valence-corrected chi connectivity index (χ3v) is 1.90. The van der Waals surface area contributed by atoms with Crippen molar-refractivity contribution in [1.29, 1.82) is 5.26 Å². The molecule has 0 amide bonds. The van der Waals surface area contributed by atoms with E-state index < -0.39 is 0 Å². The van der Waals surface area contributed by atoms with E-state index in [0.29, 0.717) is 11.6 Å². The fraction of sp³-hybridized carbons (Fsp3) is 0.222. The molecule has 14 heavy (non-hydrogen) atoms. The zero-order valence-corrected chi connectivity index (χ0v) is 7.97. The van der Waals surface area contributed by atoms with Gasteiger partial charge in [-0.25, -0.2) is 9.50 Å². The third-order valence-electron chi connectivity index (χ3n) is 1.90. The standard InChI is InChI=1S/C9H9N5/c1-13(2)9-11-6-8-4-3-7(5-10)14(8)12-9/h3-4,6H,1-2H3. The topological polar surface area (TPSA) is 57.2 Å². The summed E-state index contributed by atoms with van der Waals surface area (Å²) in [6.45, 7) is 0. The van der Waals surface area contributed by atoms with Gasteiger partial charge in [0.15, 0.2) is 0 Å². The van der Waals surface area contributed by atoms with Crippen molar-refractivity contribution in [3.05, 3.63) is 24.0 Å². The molecule has 2 aromatic rings. The summed E-state index contributed by atoms with van der Waals surface area (Å²) in [5, 5.41) is 13.0. The van der Waals surface area contributed by atoms with E-state index in [1.165, 1.54) is 0 Å². The van der Waals surface area contributed by atoms with Crippen molar-refractivity contribution in [2.75, 3.05) is 19.0 Å². The molecule has 2 heterocycles. The van der Waals surface area contributed by atoms with Crippen LogP contribution in [0.4, 0.5) is 5.95 Å². The average molecular weight is 187 g/mol. The molecule has 0 N–H and O–H groups in total. The van der Waals surface area contributed by atoms with Crippen molar-refractivity contribution in [2.45, 2.75) is 0 Å². The summed E-state index contributed by atoms with van der Waals surface area (Å²) < 4.78 is 1.59. The summed E-state index contributed by atoms with van der Waals surface area (Å²) >= 11 is 0. The van der Waals surface area contributed by atoms with Crippen molar-refractivity contribution in [2.24, 2.45) is 0 Å².